The molecule has 0 aromatic heterocycles. The average Bonchev–Trinajstić information content (AvgIpc) is 2.67. The molecule has 0 spiro atoms. The van der Waals surface area contributed by atoms with E-state index >= 15 is 0 Å². The zero-order valence-corrected chi connectivity index (χ0v) is 20.9. The fraction of sp³-hybridized carbons (Fsp3) is 0.625. The molecule has 1 rings (SSSR count). The molecule has 33 heavy (non-hydrogen) atoms. The standard InChI is InChI=1S/C24H39N3O6/c1-9-15(2)27(21(31)18(14-28)25-22(32)33-24(6,7)8)19(20(30)26-23(3,4)5)16-10-12-17(29)13-11-16/h10-13,15,18-19,28-29H,9,14H2,1-8H3,(H,25,32)(H,26,30). The van der Waals surface area contributed by atoms with Crippen LogP contribution in [0.4, 0.5) is 4.79 Å². The summed E-state index contributed by atoms with van der Waals surface area (Å²) in [6.45, 7) is 13.5. The lowest BCUT2D eigenvalue weighted by Crippen LogP contribution is -2.57. The van der Waals surface area contributed by atoms with Crippen LogP contribution in [0.15, 0.2) is 24.3 Å². The molecule has 4 N–H and O–H groups in total. The fourth-order valence-corrected chi connectivity index (χ4v) is 3.14. The van der Waals surface area contributed by atoms with E-state index in [1.165, 1.54) is 17.0 Å². The topological polar surface area (TPSA) is 128 Å². The van der Waals surface area contributed by atoms with Crippen LogP contribution in [0.1, 0.15) is 73.4 Å². The highest BCUT2D eigenvalue weighted by Crippen LogP contribution is 2.28. The van der Waals surface area contributed by atoms with Gasteiger partial charge >= 0.3 is 6.09 Å². The van der Waals surface area contributed by atoms with Crippen molar-refractivity contribution in [3.8, 4) is 5.75 Å². The molecular weight excluding hydrogens is 426 g/mol. The van der Waals surface area contributed by atoms with Crippen molar-refractivity contribution in [1.29, 1.82) is 0 Å². The van der Waals surface area contributed by atoms with Crippen molar-refractivity contribution >= 4 is 17.9 Å². The molecule has 0 aliphatic heterocycles. The molecule has 1 aromatic carbocycles. The van der Waals surface area contributed by atoms with Crippen LogP contribution in [-0.4, -0.2) is 62.9 Å². The van der Waals surface area contributed by atoms with Crippen molar-refractivity contribution in [3.05, 3.63) is 29.8 Å². The van der Waals surface area contributed by atoms with Gasteiger partial charge in [0.05, 0.1) is 6.61 Å². The number of hydrogen-bond acceptors (Lipinski definition) is 6. The van der Waals surface area contributed by atoms with Crippen LogP contribution in [-0.2, 0) is 14.3 Å². The third-order valence-corrected chi connectivity index (χ3v) is 4.73. The molecule has 0 bridgehead atoms. The number of phenolic OH excluding ortho intramolecular Hbond substituents is 1. The van der Waals surface area contributed by atoms with Crippen molar-refractivity contribution in [3.63, 3.8) is 0 Å². The normalized spacial score (nSPS) is 14.6. The summed E-state index contributed by atoms with van der Waals surface area (Å²) in [4.78, 5) is 40.6. The van der Waals surface area contributed by atoms with Gasteiger partial charge in [-0.25, -0.2) is 4.79 Å². The van der Waals surface area contributed by atoms with Crippen LogP contribution >= 0.6 is 0 Å². The molecule has 9 nitrogen and oxygen atoms in total. The Labute approximate surface area is 196 Å². The number of phenols is 1. The maximum atomic E-state index is 13.6. The zero-order valence-electron chi connectivity index (χ0n) is 20.9. The summed E-state index contributed by atoms with van der Waals surface area (Å²) < 4.78 is 5.22. The largest absolute Gasteiger partial charge is 0.508 e. The van der Waals surface area contributed by atoms with Crippen LogP contribution < -0.4 is 10.6 Å². The third kappa shape index (κ3) is 8.92. The molecular formula is C24H39N3O6. The van der Waals surface area contributed by atoms with Gasteiger partial charge in [0, 0.05) is 11.6 Å². The summed E-state index contributed by atoms with van der Waals surface area (Å²) in [5, 5.41) is 24.9. The first kappa shape index (κ1) is 28.2. The maximum absolute atomic E-state index is 13.6. The van der Waals surface area contributed by atoms with E-state index < -0.39 is 53.8 Å². The number of alkyl carbamates (subject to hydrolysis) is 1. The molecule has 0 fully saturated rings. The average molecular weight is 466 g/mol. The Morgan fingerprint density at radius 1 is 1.06 bits per heavy atom. The quantitative estimate of drug-likeness (QED) is 0.467. The van der Waals surface area contributed by atoms with E-state index in [1.807, 2.05) is 27.7 Å². The summed E-state index contributed by atoms with van der Waals surface area (Å²) >= 11 is 0. The van der Waals surface area contributed by atoms with Gasteiger partial charge in [-0.1, -0.05) is 19.1 Å². The van der Waals surface area contributed by atoms with Crippen molar-refractivity contribution < 1.29 is 29.3 Å². The number of hydrogen-bond donors (Lipinski definition) is 4. The zero-order chi connectivity index (χ0) is 25.6. The number of nitrogens with one attached hydrogen (secondary N) is 2. The lowest BCUT2D eigenvalue weighted by molar-refractivity contribution is -0.146. The Morgan fingerprint density at radius 2 is 1.61 bits per heavy atom. The second-order valence-corrected chi connectivity index (χ2v) is 10.1. The molecule has 1 aromatic rings. The van der Waals surface area contributed by atoms with E-state index in [0.29, 0.717) is 12.0 Å². The van der Waals surface area contributed by atoms with Crippen LogP contribution in [0, 0.1) is 0 Å². The molecule has 3 amide bonds. The van der Waals surface area contributed by atoms with Gasteiger partial charge in [-0.05, 0) is 72.6 Å². The molecule has 0 aliphatic carbocycles. The second kappa shape index (κ2) is 11.4. The number of aliphatic hydroxyl groups excluding tert-OH is 1. The van der Waals surface area contributed by atoms with E-state index in [-0.39, 0.29) is 5.75 Å². The molecule has 3 atom stereocenters. The van der Waals surface area contributed by atoms with Gasteiger partial charge in [-0.3, -0.25) is 9.59 Å². The van der Waals surface area contributed by atoms with Crippen molar-refractivity contribution in [2.75, 3.05) is 6.61 Å². The van der Waals surface area contributed by atoms with E-state index in [1.54, 1.807) is 39.8 Å². The first-order valence-corrected chi connectivity index (χ1v) is 11.1. The summed E-state index contributed by atoms with van der Waals surface area (Å²) in [5.41, 5.74) is -0.871. The minimum atomic E-state index is -1.31. The number of rotatable bonds is 8. The number of benzene rings is 1. The van der Waals surface area contributed by atoms with Crippen molar-refractivity contribution in [2.45, 2.75) is 91.1 Å². The monoisotopic (exact) mass is 465 g/mol. The summed E-state index contributed by atoms with van der Waals surface area (Å²) in [6, 6.07) is 3.25. The predicted octanol–water partition coefficient (Wildman–Crippen LogP) is 2.86. The minimum Gasteiger partial charge on any atom is -0.508 e. The number of amides is 3. The highest BCUT2D eigenvalue weighted by Gasteiger charge is 2.39. The number of aliphatic hydroxyl groups is 1. The number of aromatic hydroxyl groups is 1. The van der Waals surface area contributed by atoms with Gasteiger partial charge in [0.1, 0.15) is 23.4 Å². The van der Waals surface area contributed by atoms with Gasteiger partial charge in [0.2, 0.25) is 11.8 Å². The number of nitrogens with zero attached hydrogens (tertiary/aromatic N) is 1. The molecule has 0 radical (unpaired) electrons. The first-order chi connectivity index (χ1) is 15.1. The Bertz CT molecular complexity index is 811. The van der Waals surface area contributed by atoms with E-state index in [0.717, 1.165) is 0 Å². The number of ether oxygens (including phenoxy) is 1. The maximum Gasteiger partial charge on any atom is 0.408 e. The van der Waals surface area contributed by atoms with Gasteiger partial charge in [0.15, 0.2) is 0 Å². The van der Waals surface area contributed by atoms with Crippen molar-refractivity contribution in [2.24, 2.45) is 0 Å². The first-order valence-electron chi connectivity index (χ1n) is 11.1. The molecule has 0 aliphatic rings. The molecule has 9 heteroatoms. The van der Waals surface area contributed by atoms with Gasteiger partial charge in [0.25, 0.3) is 0 Å². The highest BCUT2D eigenvalue weighted by molar-refractivity contribution is 5.92. The summed E-state index contributed by atoms with van der Waals surface area (Å²) in [5.74, 6) is -1.02. The molecule has 0 saturated carbocycles. The highest BCUT2D eigenvalue weighted by atomic mass is 16.6. The summed E-state index contributed by atoms with van der Waals surface area (Å²) in [7, 11) is 0. The van der Waals surface area contributed by atoms with E-state index in [9.17, 15) is 24.6 Å². The molecule has 186 valence electrons. The van der Waals surface area contributed by atoms with Crippen LogP contribution in [0.25, 0.3) is 0 Å². The lowest BCUT2D eigenvalue weighted by atomic mass is 9.98. The van der Waals surface area contributed by atoms with Crippen molar-refractivity contribution in [1.82, 2.24) is 15.5 Å². The van der Waals surface area contributed by atoms with Gasteiger partial charge in [-0.15, -0.1) is 0 Å². The van der Waals surface area contributed by atoms with Crippen LogP contribution in [0.3, 0.4) is 0 Å². The summed E-state index contributed by atoms with van der Waals surface area (Å²) in [6.07, 6.45) is -0.326. The van der Waals surface area contributed by atoms with E-state index in [2.05, 4.69) is 10.6 Å². The predicted molar refractivity (Wildman–Crippen MR) is 126 cm³/mol. The smallest absolute Gasteiger partial charge is 0.408 e. The second-order valence-electron chi connectivity index (χ2n) is 10.1. The van der Waals surface area contributed by atoms with Gasteiger partial charge < -0.3 is 30.5 Å². The minimum absolute atomic E-state index is 0.0231. The Balaban J connectivity index is 3.44. The Hall–Kier alpha value is -2.81. The Kier molecular flexibility index (Phi) is 9.71. The van der Waals surface area contributed by atoms with E-state index in [4.69, 9.17) is 4.74 Å². The Morgan fingerprint density at radius 3 is 2.03 bits per heavy atom. The fourth-order valence-electron chi connectivity index (χ4n) is 3.14. The number of carbonyl (C=O) groups is 3. The molecule has 0 heterocycles. The SMILES string of the molecule is CCC(C)N(C(=O)C(CO)NC(=O)OC(C)(C)C)C(C(=O)NC(C)(C)C)c1ccc(O)cc1. The molecule has 0 saturated heterocycles. The van der Waals surface area contributed by atoms with Crippen LogP contribution in [0.2, 0.25) is 0 Å². The van der Waals surface area contributed by atoms with Crippen LogP contribution in [0.5, 0.6) is 5.75 Å². The third-order valence-electron chi connectivity index (χ3n) is 4.73. The van der Waals surface area contributed by atoms with Gasteiger partial charge in [-0.2, -0.15) is 0 Å². The lowest BCUT2D eigenvalue weighted by Gasteiger charge is -2.39. The molecule has 3 unspecified atom stereocenters. The number of carbonyl (C=O) groups excluding carboxylic acids is 3.